The first kappa shape index (κ1) is 12.6. The van der Waals surface area contributed by atoms with Crippen LogP contribution in [0, 0.1) is 0 Å². The molecule has 0 bridgehead atoms. The predicted molar refractivity (Wildman–Crippen MR) is 70.0 cm³/mol. The maximum Gasteiger partial charge on any atom is 0.573 e. The molecule has 0 saturated carbocycles. The van der Waals surface area contributed by atoms with E-state index < -0.39 is 6.36 Å². The molecule has 0 aliphatic rings. The van der Waals surface area contributed by atoms with Gasteiger partial charge >= 0.3 is 6.36 Å². The van der Waals surface area contributed by atoms with Crippen LogP contribution in [0.15, 0.2) is 60.8 Å². The summed E-state index contributed by atoms with van der Waals surface area (Å²) in [4.78, 5) is 0. The molecule has 0 aliphatic carbocycles. The summed E-state index contributed by atoms with van der Waals surface area (Å²) in [5.74, 6) is -0.221. The normalized spacial score (nSPS) is 11.8. The Morgan fingerprint density at radius 3 is 2.35 bits per heavy atom. The monoisotopic (exact) mass is 277 g/mol. The number of nitrogens with zero attached hydrogens (tertiary/aromatic N) is 1. The molecule has 102 valence electrons. The summed E-state index contributed by atoms with van der Waals surface area (Å²) in [7, 11) is 0. The SMILES string of the molecule is FC(F)(F)Oc1ccccc1-n1ccc2ccccc21. The Morgan fingerprint density at radius 2 is 1.55 bits per heavy atom. The summed E-state index contributed by atoms with van der Waals surface area (Å²) in [5, 5.41) is 0.953. The van der Waals surface area contributed by atoms with Gasteiger partial charge in [-0.1, -0.05) is 30.3 Å². The van der Waals surface area contributed by atoms with Gasteiger partial charge in [-0.3, -0.25) is 0 Å². The second-order valence-corrected chi connectivity index (χ2v) is 4.26. The number of hydrogen-bond donors (Lipinski definition) is 0. The quantitative estimate of drug-likeness (QED) is 0.671. The predicted octanol–water partition coefficient (Wildman–Crippen LogP) is 4.53. The fraction of sp³-hybridized carbons (Fsp3) is 0.0667. The number of halogens is 3. The number of fused-ring (bicyclic) bond motifs is 1. The van der Waals surface area contributed by atoms with Crippen LogP contribution in [0.2, 0.25) is 0 Å². The van der Waals surface area contributed by atoms with Gasteiger partial charge in [0.1, 0.15) is 0 Å². The van der Waals surface area contributed by atoms with Gasteiger partial charge in [0.05, 0.1) is 11.2 Å². The Morgan fingerprint density at radius 1 is 0.850 bits per heavy atom. The van der Waals surface area contributed by atoms with Gasteiger partial charge in [-0.25, -0.2) is 0 Å². The molecular weight excluding hydrogens is 267 g/mol. The highest BCUT2D eigenvalue weighted by atomic mass is 19.4. The standard InChI is InChI=1S/C15H10F3NO/c16-15(17,18)20-14-8-4-3-7-13(14)19-10-9-11-5-1-2-6-12(11)19/h1-10H. The van der Waals surface area contributed by atoms with E-state index in [0.717, 1.165) is 10.9 Å². The summed E-state index contributed by atoms with van der Waals surface area (Å²) in [6.07, 6.45) is -2.98. The molecule has 0 amide bonds. The van der Waals surface area contributed by atoms with E-state index >= 15 is 0 Å². The number of aromatic nitrogens is 1. The Labute approximate surface area is 113 Å². The second kappa shape index (κ2) is 4.59. The van der Waals surface area contributed by atoms with Crippen molar-refractivity contribution in [1.29, 1.82) is 0 Å². The van der Waals surface area contributed by atoms with E-state index in [1.165, 1.54) is 12.1 Å². The average Bonchev–Trinajstić information content (AvgIpc) is 2.81. The molecular formula is C15H10F3NO. The number of hydrogen-bond acceptors (Lipinski definition) is 1. The minimum atomic E-state index is -4.71. The lowest BCUT2D eigenvalue weighted by Crippen LogP contribution is -2.18. The largest absolute Gasteiger partial charge is 0.573 e. The van der Waals surface area contributed by atoms with Gasteiger partial charge in [0, 0.05) is 6.20 Å². The van der Waals surface area contributed by atoms with Gasteiger partial charge in [0.2, 0.25) is 0 Å². The molecule has 0 saturated heterocycles. The van der Waals surface area contributed by atoms with Crippen LogP contribution in [-0.4, -0.2) is 10.9 Å². The molecule has 0 aliphatic heterocycles. The van der Waals surface area contributed by atoms with Gasteiger partial charge in [-0.2, -0.15) is 0 Å². The number of para-hydroxylation sites is 3. The van der Waals surface area contributed by atoms with Gasteiger partial charge in [-0.05, 0) is 29.7 Å². The zero-order valence-electron chi connectivity index (χ0n) is 10.3. The molecule has 0 atom stereocenters. The maximum absolute atomic E-state index is 12.4. The number of rotatable bonds is 2. The Balaban J connectivity index is 2.15. The van der Waals surface area contributed by atoms with Crippen LogP contribution in [-0.2, 0) is 0 Å². The van der Waals surface area contributed by atoms with Gasteiger partial charge in [0.25, 0.3) is 0 Å². The first-order chi connectivity index (χ1) is 9.54. The van der Waals surface area contributed by atoms with Crippen LogP contribution in [0.5, 0.6) is 5.75 Å². The van der Waals surface area contributed by atoms with E-state index in [9.17, 15) is 13.2 Å². The molecule has 0 unspecified atom stereocenters. The van der Waals surface area contributed by atoms with E-state index in [1.807, 2.05) is 30.3 Å². The molecule has 3 aromatic rings. The van der Waals surface area contributed by atoms with E-state index in [1.54, 1.807) is 22.9 Å². The highest BCUT2D eigenvalue weighted by molar-refractivity contribution is 5.82. The van der Waals surface area contributed by atoms with Crippen molar-refractivity contribution >= 4 is 10.9 Å². The van der Waals surface area contributed by atoms with E-state index in [0.29, 0.717) is 5.69 Å². The van der Waals surface area contributed by atoms with Crippen LogP contribution in [0.4, 0.5) is 13.2 Å². The van der Waals surface area contributed by atoms with Crippen LogP contribution < -0.4 is 4.74 Å². The fourth-order valence-electron chi connectivity index (χ4n) is 2.16. The van der Waals surface area contributed by atoms with Crippen LogP contribution in [0.25, 0.3) is 16.6 Å². The van der Waals surface area contributed by atoms with Crippen molar-refractivity contribution in [2.24, 2.45) is 0 Å². The van der Waals surface area contributed by atoms with Crippen molar-refractivity contribution in [1.82, 2.24) is 4.57 Å². The second-order valence-electron chi connectivity index (χ2n) is 4.26. The highest BCUT2D eigenvalue weighted by Crippen LogP contribution is 2.31. The van der Waals surface area contributed by atoms with Gasteiger partial charge in [0.15, 0.2) is 5.75 Å². The molecule has 3 rings (SSSR count). The van der Waals surface area contributed by atoms with Crippen molar-refractivity contribution in [2.75, 3.05) is 0 Å². The van der Waals surface area contributed by atoms with Crippen molar-refractivity contribution in [3.05, 3.63) is 60.8 Å². The number of alkyl halides is 3. The zero-order chi connectivity index (χ0) is 14.2. The summed E-state index contributed by atoms with van der Waals surface area (Å²) in [6.45, 7) is 0. The molecule has 1 aromatic heterocycles. The van der Waals surface area contributed by atoms with Crippen molar-refractivity contribution in [3.63, 3.8) is 0 Å². The van der Waals surface area contributed by atoms with Crippen LogP contribution in [0.1, 0.15) is 0 Å². The first-order valence-corrected chi connectivity index (χ1v) is 5.96. The number of ether oxygens (including phenoxy) is 1. The van der Waals surface area contributed by atoms with Crippen molar-refractivity contribution < 1.29 is 17.9 Å². The minimum Gasteiger partial charge on any atom is -0.404 e. The number of benzene rings is 2. The summed E-state index contributed by atoms with van der Waals surface area (Å²) >= 11 is 0. The van der Waals surface area contributed by atoms with E-state index in [2.05, 4.69) is 4.74 Å². The maximum atomic E-state index is 12.4. The molecule has 0 N–H and O–H groups in total. The lowest BCUT2D eigenvalue weighted by atomic mass is 10.2. The van der Waals surface area contributed by atoms with E-state index in [-0.39, 0.29) is 5.75 Å². The lowest BCUT2D eigenvalue weighted by molar-refractivity contribution is -0.274. The molecule has 0 spiro atoms. The lowest BCUT2D eigenvalue weighted by Gasteiger charge is -2.14. The Bertz CT molecular complexity index is 746. The fourth-order valence-corrected chi connectivity index (χ4v) is 2.16. The van der Waals surface area contributed by atoms with Crippen molar-refractivity contribution in [3.8, 4) is 11.4 Å². The topological polar surface area (TPSA) is 14.2 Å². The molecule has 0 fully saturated rings. The van der Waals surface area contributed by atoms with E-state index in [4.69, 9.17) is 0 Å². The third kappa shape index (κ3) is 2.34. The molecule has 20 heavy (non-hydrogen) atoms. The van der Waals surface area contributed by atoms with Gasteiger partial charge < -0.3 is 9.30 Å². The Hall–Kier alpha value is -2.43. The van der Waals surface area contributed by atoms with Crippen LogP contribution >= 0.6 is 0 Å². The Kier molecular flexibility index (Phi) is 2.89. The van der Waals surface area contributed by atoms with Crippen LogP contribution in [0.3, 0.4) is 0 Å². The smallest absolute Gasteiger partial charge is 0.404 e. The molecule has 0 radical (unpaired) electrons. The third-order valence-electron chi connectivity index (χ3n) is 2.95. The summed E-state index contributed by atoms with van der Waals surface area (Å²) < 4.78 is 43.1. The first-order valence-electron chi connectivity index (χ1n) is 5.96. The summed E-state index contributed by atoms with van der Waals surface area (Å²) in [5.41, 5.74) is 1.18. The van der Waals surface area contributed by atoms with Crippen molar-refractivity contribution in [2.45, 2.75) is 6.36 Å². The third-order valence-corrected chi connectivity index (χ3v) is 2.95. The highest BCUT2D eigenvalue weighted by Gasteiger charge is 2.32. The molecule has 5 heteroatoms. The summed E-state index contributed by atoms with van der Waals surface area (Å²) in [6, 6.07) is 15.4. The molecule has 2 nitrogen and oxygen atoms in total. The molecule has 2 aromatic carbocycles. The average molecular weight is 277 g/mol. The van der Waals surface area contributed by atoms with Gasteiger partial charge in [-0.15, -0.1) is 13.2 Å². The molecule has 1 heterocycles. The zero-order valence-corrected chi connectivity index (χ0v) is 10.3. The minimum absolute atomic E-state index is 0.221.